The molecule has 0 aromatic carbocycles. The van der Waals surface area contributed by atoms with Gasteiger partial charge in [-0.1, -0.05) is 11.6 Å². The van der Waals surface area contributed by atoms with Gasteiger partial charge in [-0.2, -0.15) is 0 Å². The Balaban J connectivity index is 2.16. The largest absolute Gasteiger partial charge is 0.445 e. The van der Waals surface area contributed by atoms with E-state index < -0.39 is 10.0 Å². The molecule has 2 heterocycles. The van der Waals surface area contributed by atoms with E-state index in [1.165, 1.54) is 24.5 Å². The monoisotopic (exact) mass is 287 g/mol. The molecule has 0 unspecified atom stereocenters. The van der Waals surface area contributed by atoms with Gasteiger partial charge in [0.25, 0.3) is 0 Å². The summed E-state index contributed by atoms with van der Waals surface area (Å²) >= 11 is 5.73. The second-order valence-electron chi connectivity index (χ2n) is 3.48. The van der Waals surface area contributed by atoms with E-state index in [4.69, 9.17) is 16.0 Å². The number of oxazole rings is 1. The summed E-state index contributed by atoms with van der Waals surface area (Å²) in [6, 6.07) is 2.87. The zero-order chi connectivity index (χ0) is 13.2. The first-order valence-electron chi connectivity index (χ1n) is 5.00. The lowest BCUT2D eigenvalue weighted by Crippen LogP contribution is -2.23. The molecular formula is C10H10ClN3O3S. The van der Waals surface area contributed by atoms with Gasteiger partial charge < -0.3 is 4.42 Å². The van der Waals surface area contributed by atoms with Crippen molar-refractivity contribution in [3.63, 3.8) is 0 Å². The van der Waals surface area contributed by atoms with Crippen molar-refractivity contribution >= 4 is 21.6 Å². The van der Waals surface area contributed by atoms with Crippen LogP contribution < -0.4 is 4.72 Å². The first-order valence-corrected chi connectivity index (χ1v) is 6.86. The molecule has 6 nitrogen and oxygen atoms in total. The Morgan fingerprint density at radius 3 is 2.83 bits per heavy atom. The molecule has 2 aromatic heterocycles. The van der Waals surface area contributed by atoms with E-state index in [-0.39, 0.29) is 22.5 Å². The average Bonchev–Trinajstić information content (AvgIpc) is 2.73. The van der Waals surface area contributed by atoms with Gasteiger partial charge in [-0.05, 0) is 19.1 Å². The summed E-state index contributed by atoms with van der Waals surface area (Å²) in [6.45, 7) is 1.68. The van der Waals surface area contributed by atoms with Crippen LogP contribution in [0.25, 0.3) is 0 Å². The summed E-state index contributed by atoms with van der Waals surface area (Å²) in [5, 5.41) is -0.0754. The normalized spacial score (nSPS) is 11.7. The maximum atomic E-state index is 11.9. The van der Waals surface area contributed by atoms with E-state index in [1.54, 1.807) is 6.92 Å². The first-order chi connectivity index (χ1) is 8.49. The zero-order valence-electron chi connectivity index (χ0n) is 9.42. The van der Waals surface area contributed by atoms with Crippen molar-refractivity contribution in [2.24, 2.45) is 0 Å². The van der Waals surface area contributed by atoms with Crippen molar-refractivity contribution in [3.05, 3.63) is 41.3 Å². The minimum atomic E-state index is -3.72. The summed E-state index contributed by atoms with van der Waals surface area (Å²) in [6.07, 6.45) is 2.93. The lowest BCUT2D eigenvalue weighted by atomic mass is 10.5. The van der Waals surface area contributed by atoms with Crippen LogP contribution in [0.4, 0.5) is 0 Å². The molecule has 8 heteroatoms. The van der Waals surface area contributed by atoms with Crippen LogP contribution in [-0.2, 0) is 16.6 Å². The lowest BCUT2D eigenvalue weighted by Gasteiger charge is -2.05. The second kappa shape index (κ2) is 5.05. The standard InChI is InChI=1S/C10H10ClN3O3S/c1-7-5-13-9(17-7)6-14-18(15,16)8-3-2-4-12-10(8)11/h2-5,14H,6H2,1H3. The van der Waals surface area contributed by atoms with Gasteiger partial charge in [0.1, 0.15) is 15.8 Å². The Kier molecular flexibility index (Phi) is 3.65. The van der Waals surface area contributed by atoms with Crippen molar-refractivity contribution in [1.82, 2.24) is 14.7 Å². The van der Waals surface area contributed by atoms with Crippen LogP contribution >= 0.6 is 11.6 Å². The second-order valence-corrected chi connectivity index (χ2v) is 5.57. The zero-order valence-corrected chi connectivity index (χ0v) is 11.0. The third-order valence-corrected chi connectivity index (χ3v) is 3.94. The molecule has 18 heavy (non-hydrogen) atoms. The molecule has 0 radical (unpaired) electrons. The quantitative estimate of drug-likeness (QED) is 0.862. The summed E-state index contributed by atoms with van der Waals surface area (Å²) in [5.41, 5.74) is 0. The van der Waals surface area contributed by atoms with Crippen molar-refractivity contribution < 1.29 is 12.8 Å². The van der Waals surface area contributed by atoms with Gasteiger partial charge in [0.2, 0.25) is 15.9 Å². The number of pyridine rings is 1. The molecule has 0 bridgehead atoms. The number of hydrogen-bond acceptors (Lipinski definition) is 5. The van der Waals surface area contributed by atoms with Gasteiger partial charge in [0.05, 0.1) is 12.7 Å². The van der Waals surface area contributed by atoms with Crippen LogP contribution in [0.2, 0.25) is 5.15 Å². The van der Waals surface area contributed by atoms with E-state index in [2.05, 4.69) is 14.7 Å². The molecule has 96 valence electrons. The Bertz CT molecular complexity index is 654. The van der Waals surface area contributed by atoms with Crippen molar-refractivity contribution in [2.75, 3.05) is 0 Å². The fourth-order valence-electron chi connectivity index (χ4n) is 1.29. The van der Waals surface area contributed by atoms with Crippen LogP contribution in [0.15, 0.2) is 33.8 Å². The SMILES string of the molecule is Cc1cnc(CNS(=O)(=O)c2cccnc2Cl)o1. The molecule has 0 amide bonds. The highest BCUT2D eigenvalue weighted by atomic mass is 35.5. The number of hydrogen-bond donors (Lipinski definition) is 1. The van der Waals surface area contributed by atoms with Gasteiger partial charge in [0, 0.05) is 6.20 Å². The van der Waals surface area contributed by atoms with Gasteiger partial charge >= 0.3 is 0 Å². The molecular weight excluding hydrogens is 278 g/mol. The maximum Gasteiger partial charge on any atom is 0.244 e. The predicted molar refractivity (Wildman–Crippen MR) is 64.5 cm³/mol. The number of aryl methyl sites for hydroxylation is 1. The van der Waals surface area contributed by atoms with Crippen LogP contribution in [0.3, 0.4) is 0 Å². The summed E-state index contributed by atoms with van der Waals surface area (Å²) < 4.78 is 31.4. The molecule has 0 aliphatic carbocycles. The molecule has 0 spiro atoms. The minimum Gasteiger partial charge on any atom is -0.445 e. The van der Waals surface area contributed by atoms with Gasteiger partial charge in [0.15, 0.2) is 0 Å². The molecule has 0 saturated heterocycles. The smallest absolute Gasteiger partial charge is 0.244 e. The first kappa shape index (κ1) is 13.0. The molecule has 0 saturated carbocycles. The van der Waals surface area contributed by atoms with E-state index in [1.807, 2.05) is 0 Å². The molecule has 1 N–H and O–H groups in total. The maximum absolute atomic E-state index is 11.9. The highest BCUT2D eigenvalue weighted by molar-refractivity contribution is 7.89. The molecule has 2 aromatic rings. The fraction of sp³-hybridized carbons (Fsp3) is 0.200. The van der Waals surface area contributed by atoms with Gasteiger partial charge in [-0.3, -0.25) is 0 Å². The molecule has 0 aliphatic rings. The van der Waals surface area contributed by atoms with Gasteiger partial charge in [-0.15, -0.1) is 0 Å². The van der Waals surface area contributed by atoms with Crippen LogP contribution in [-0.4, -0.2) is 18.4 Å². The molecule has 0 fully saturated rings. The van der Waals surface area contributed by atoms with E-state index in [0.29, 0.717) is 5.76 Å². The highest BCUT2D eigenvalue weighted by Gasteiger charge is 2.18. The number of nitrogens with one attached hydrogen (secondary N) is 1. The van der Waals surface area contributed by atoms with E-state index >= 15 is 0 Å². The predicted octanol–water partition coefficient (Wildman–Crippen LogP) is 1.51. The lowest BCUT2D eigenvalue weighted by molar-refractivity contribution is 0.463. The molecule has 2 rings (SSSR count). The van der Waals surface area contributed by atoms with Crippen LogP contribution in [0, 0.1) is 6.92 Å². The number of rotatable bonds is 4. The topological polar surface area (TPSA) is 85.1 Å². The van der Waals surface area contributed by atoms with Crippen molar-refractivity contribution in [2.45, 2.75) is 18.4 Å². The Hall–Kier alpha value is -1.44. The third kappa shape index (κ3) is 2.87. The Labute approximate surface area is 109 Å². The van der Waals surface area contributed by atoms with E-state index in [0.717, 1.165) is 0 Å². The Morgan fingerprint density at radius 2 is 2.22 bits per heavy atom. The minimum absolute atomic E-state index is 0.0403. The molecule has 0 aliphatic heterocycles. The average molecular weight is 288 g/mol. The number of aromatic nitrogens is 2. The third-order valence-electron chi connectivity index (χ3n) is 2.10. The summed E-state index contributed by atoms with van der Waals surface area (Å²) in [7, 11) is -3.72. The van der Waals surface area contributed by atoms with Crippen LogP contribution in [0.1, 0.15) is 11.7 Å². The number of halogens is 1. The molecule has 0 atom stereocenters. The summed E-state index contributed by atoms with van der Waals surface area (Å²) in [5.74, 6) is 0.902. The fourth-order valence-corrected chi connectivity index (χ4v) is 2.71. The van der Waals surface area contributed by atoms with Crippen molar-refractivity contribution in [3.8, 4) is 0 Å². The summed E-state index contributed by atoms with van der Waals surface area (Å²) in [4.78, 5) is 7.53. The van der Waals surface area contributed by atoms with E-state index in [9.17, 15) is 8.42 Å². The highest BCUT2D eigenvalue weighted by Crippen LogP contribution is 2.17. The van der Waals surface area contributed by atoms with Crippen LogP contribution in [0.5, 0.6) is 0 Å². The Morgan fingerprint density at radius 1 is 1.44 bits per heavy atom. The van der Waals surface area contributed by atoms with Gasteiger partial charge in [-0.25, -0.2) is 23.1 Å². The van der Waals surface area contributed by atoms with Crippen molar-refractivity contribution in [1.29, 1.82) is 0 Å². The number of nitrogens with zero attached hydrogens (tertiary/aromatic N) is 2. The number of sulfonamides is 1.